The average Bonchev–Trinajstić information content (AvgIpc) is 2.54. The Labute approximate surface area is 167 Å². The van der Waals surface area contributed by atoms with Crippen molar-refractivity contribution in [2.75, 3.05) is 0 Å². The standard InChI is InChI=1S/C17H14N2O4S.Na/c1-11-10-13(24(21,22)23)7-8-15(11)18-19-17-14-5-3-2-4-12(14)6-9-16(17)20;/h2-10,20H,1H3,(H,21,22,23);/q;+1/p-1. The van der Waals surface area contributed by atoms with E-state index in [1.165, 1.54) is 24.3 Å². The van der Waals surface area contributed by atoms with Gasteiger partial charge >= 0.3 is 29.6 Å². The predicted octanol–water partition coefficient (Wildman–Crippen LogP) is 0.888. The van der Waals surface area contributed by atoms with Gasteiger partial charge in [-0.1, -0.05) is 42.1 Å². The maximum atomic E-state index is 12.1. The molecule has 3 rings (SSSR count). The molecule has 0 aliphatic heterocycles. The quantitative estimate of drug-likeness (QED) is 0.423. The first kappa shape index (κ1) is 19.6. The zero-order valence-corrected chi connectivity index (χ0v) is 16.5. The maximum absolute atomic E-state index is 12.1. The molecule has 0 saturated heterocycles. The molecule has 0 atom stereocenters. The van der Waals surface area contributed by atoms with Gasteiger partial charge in [-0.05, 0) is 36.1 Å². The van der Waals surface area contributed by atoms with Gasteiger partial charge in [0.25, 0.3) is 10.1 Å². The van der Waals surface area contributed by atoms with Gasteiger partial charge in [-0.15, -0.1) is 0 Å². The summed E-state index contributed by atoms with van der Waals surface area (Å²) in [6, 6.07) is 14.5. The first-order valence-electron chi connectivity index (χ1n) is 7.05. The van der Waals surface area contributed by atoms with Crippen LogP contribution in [-0.4, -0.2) is 13.0 Å². The monoisotopic (exact) mass is 364 g/mol. The molecule has 0 heterocycles. The minimum Gasteiger partial charge on any atom is -0.871 e. The van der Waals surface area contributed by atoms with E-state index in [1.807, 2.05) is 18.2 Å². The van der Waals surface area contributed by atoms with Crippen LogP contribution in [-0.2, 0) is 10.1 Å². The summed E-state index contributed by atoms with van der Waals surface area (Å²) in [7, 11) is -4.27. The van der Waals surface area contributed by atoms with E-state index in [0.717, 1.165) is 5.39 Å². The topological polar surface area (TPSA) is 102 Å². The maximum Gasteiger partial charge on any atom is 1.00 e. The van der Waals surface area contributed by atoms with Gasteiger partial charge in [0.1, 0.15) is 0 Å². The van der Waals surface area contributed by atoms with Gasteiger partial charge in [-0.25, -0.2) is 0 Å². The fraction of sp³-hybridized carbons (Fsp3) is 0.0588. The summed E-state index contributed by atoms with van der Waals surface area (Å²) in [5, 5.41) is 21.7. The molecule has 3 aromatic carbocycles. The molecular weight excluding hydrogens is 351 g/mol. The minimum absolute atomic E-state index is 0. The van der Waals surface area contributed by atoms with Crippen LogP contribution < -0.4 is 34.7 Å². The van der Waals surface area contributed by atoms with E-state index < -0.39 is 10.1 Å². The molecule has 1 N–H and O–H groups in total. The summed E-state index contributed by atoms with van der Waals surface area (Å²) in [6.07, 6.45) is 0. The van der Waals surface area contributed by atoms with Gasteiger partial charge in [0.15, 0.2) is 0 Å². The van der Waals surface area contributed by atoms with Crippen LogP contribution in [0.25, 0.3) is 10.8 Å². The van der Waals surface area contributed by atoms with Crippen molar-refractivity contribution in [3.05, 3.63) is 60.2 Å². The van der Waals surface area contributed by atoms with E-state index in [9.17, 15) is 13.5 Å². The molecular formula is C17H13N2NaO4S. The van der Waals surface area contributed by atoms with Crippen LogP contribution in [0.3, 0.4) is 0 Å². The van der Waals surface area contributed by atoms with Crippen LogP contribution >= 0.6 is 0 Å². The number of azo groups is 1. The molecule has 0 aliphatic rings. The third-order valence-corrected chi connectivity index (χ3v) is 4.44. The van der Waals surface area contributed by atoms with Crippen LogP contribution in [0.2, 0.25) is 0 Å². The summed E-state index contributed by atoms with van der Waals surface area (Å²) < 4.78 is 31.3. The van der Waals surface area contributed by atoms with Gasteiger partial charge < -0.3 is 5.11 Å². The number of aryl methyl sites for hydroxylation is 1. The molecule has 3 aromatic rings. The van der Waals surface area contributed by atoms with Crippen molar-refractivity contribution in [2.24, 2.45) is 10.2 Å². The smallest absolute Gasteiger partial charge is 0.871 e. The normalized spacial score (nSPS) is 11.6. The molecule has 0 radical (unpaired) electrons. The van der Waals surface area contributed by atoms with Gasteiger partial charge in [0.2, 0.25) is 0 Å². The average molecular weight is 364 g/mol. The van der Waals surface area contributed by atoms with Crippen molar-refractivity contribution >= 4 is 32.3 Å². The Kier molecular flexibility index (Phi) is 5.97. The molecule has 0 aliphatic carbocycles. The summed E-state index contributed by atoms with van der Waals surface area (Å²) in [5.41, 5.74) is 1.16. The van der Waals surface area contributed by atoms with Gasteiger partial charge in [-0.3, -0.25) is 4.55 Å². The van der Waals surface area contributed by atoms with Crippen LogP contribution in [0.4, 0.5) is 11.4 Å². The first-order chi connectivity index (χ1) is 11.4. The van der Waals surface area contributed by atoms with Crippen molar-refractivity contribution in [1.82, 2.24) is 0 Å². The summed E-state index contributed by atoms with van der Waals surface area (Å²) in [6.45, 7) is 1.64. The van der Waals surface area contributed by atoms with Crippen molar-refractivity contribution < 1.29 is 47.6 Å². The summed E-state index contributed by atoms with van der Waals surface area (Å²) in [4.78, 5) is -0.214. The van der Waals surface area contributed by atoms with Crippen LogP contribution in [0.5, 0.6) is 5.75 Å². The molecule has 0 spiro atoms. The minimum atomic E-state index is -4.27. The Morgan fingerprint density at radius 1 is 1.00 bits per heavy atom. The molecule has 0 bridgehead atoms. The molecule has 0 amide bonds. The number of hydrogen-bond acceptors (Lipinski definition) is 5. The fourth-order valence-electron chi connectivity index (χ4n) is 2.34. The van der Waals surface area contributed by atoms with E-state index in [1.54, 1.807) is 19.1 Å². The van der Waals surface area contributed by atoms with Crippen molar-refractivity contribution in [2.45, 2.75) is 11.8 Å². The van der Waals surface area contributed by atoms with Crippen LogP contribution in [0, 0.1) is 6.92 Å². The second-order valence-electron chi connectivity index (χ2n) is 5.26. The molecule has 0 fully saturated rings. The molecule has 0 saturated carbocycles. The Hall–Kier alpha value is -1.77. The molecule has 6 nitrogen and oxygen atoms in total. The Bertz CT molecular complexity index is 1070. The van der Waals surface area contributed by atoms with Crippen molar-refractivity contribution in [1.29, 1.82) is 0 Å². The fourth-order valence-corrected chi connectivity index (χ4v) is 2.91. The Morgan fingerprint density at radius 3 is 2.40 bits per heavy atom. The number of nitrogens with zero attached hydrogens (tertiary/aromatic N) is 2. The first-order valence-corrected chi connectivity index (χ1v) is 8.49. The van der Waals surface area contributed by atoms with Crippen LogP contribution in [0.15, 0.2) is 69.7 Å². The molecule has 122 valence electrons. The molecule has 0 aromatic heterocycles. The number of hydrogen-bond donors (Lipinski definition) is 1. The molecule has 25 heavy (non-hydrogen) atoms. The largest absolute Gasteiger partial charge is 1.00 e. The third kappa shape index (κ3) is 4.26. The number of benzene rings is 3. The third-order valence-electron chi connectivity index (χ3n) is 3.59. The molecule has 0 unspecified atom stereocenters. The zero-order valence-electron chi connectivity index (χ0n) is 13.7. The second-order valence-corrected chi connectivity index (χ2v) is 6.68. The number of rotatable bonds is 3. The van der Waals surface area contributed by atoms with E-state index in [2.05, 4.69) is 10.2 Å². The predicted molar refractivity (Wildman–Crippen MR) is 88.6 cm³/mol. The van der Waals surface area contributed by atoms with Gasteiger partial charge in [-0.2, -0.15) is 18.6 Å². The second kappa shape index (κ2) is 7.63. The van der Waals surface area contributed by atoms with E-state index >= 15 is 0 Å². The molecule has 8 heteroatoms. The van der Waals surface area contributed by atoms with Crippen LogP contribution in [0.1, 0.15) is 5.56 Å². The van der Waals surface area contributed by atoms with E-state index in [-0.39, 0.29) is 45.9 Å². The van der Waals surface area contributed by atoms with E-state index in [0.29, 0.717) is 16.6 Å². The van der Waals surface area contributed by atoms with Gasteiger partial charge in [0, 0.05) is 5.39 Å². The van der Waals surface area contributed by atoms with E-state index in [4.69, 9.17) is 4.55 Å². The Balaban J connectivity index is 0.00000225. The SMILES string of the molecule is Cc1cc(S(=O)(=O)O)ccc1N=Nc1c([O-])ccc2ccccc12.[Na+]. The van der Waals surface area contributed by atoms with Gasteiger partial charge in [0.05, 0.1) is 16.3 Å². The van der Waals surface area contributed by atoms with Crippen molar-refractivity contribution in [3.63, 3.8) is 0 Å². The number of fused-ring (bicyclic) bond motifs is 1. The Morgan fingerprint density at radius 2 is 1.72 bits per heavy atom. The summed E-state index contributed by atoms with van der Waals surface area (Å²) >= 11 is 0. The van der Waals surface area contributed by atoms with Crippen molar-refractivity contribution in [3.8, 4) is 5.75 Å². The zero-order chi connectivity index (χ0) is 17.3. The summed E-state index contributed by atoms with van der Waals surface area (Å²) in [5.74, 6) is -0.246.